The first-order valence-corrected chi connectivity index (χ1v) is 7.99. The summed E-state index contributed by atoms with van der Waals surface area (Å²) in [5.41, 5.74) is 0. The average molecular weight is 302 g/mol. The van der Waals surface area contributed by atoms with E-state index >= 15 is 0 Å². The van der Waals surface area contributed by atoms with E-state index in [2.05, 4.69) is 10.0 Å². The van der Waals surface area contributed by atoms with Gasteiger partial charge in [0.1, 0.15) is 0 Å². The van der Waals surface area contributed by atoms with Gasteiger partial charge < -0.3 is 10.1 Å². The minimum atomic E-state index is -3.67. The van der Waals surface area contributed by atoms with E-state index in [1.54, 1.807) is 0 Å². The highest BCUT2D eigenvalue weighted by molar-refractivity contribution is 7.89. The SMILES string of the molecule is COc1cc(S(=O)(=O)NC2CCNCC2C)ccc1F. The Bertz CT molecular complexity index is 577. The van der Waals surface area contributed by atoms with Crippen molar-refractivity contribution in [3.8, 4) is 5.75 Å². The van der Waals surface area contributed by atoms with E-state index in [-0.39, 0.29) is 22.6 Å². The molecule has 1 fully saturated rings. The smallest absolute Gasteiger partial charge is 0.240 e. The van der Waals surface area contributed by atoms with Crippen molar-refractivity contribution in [2.75, 3.05) is 20.2 Å². The van der Waals surface area contributed by atoms with E-state index in [1.165, 1.54) is 19.2 Å². The molecule has 20 heavy (non-hydrogen) atoms. The van der Waals surface area contributed by atoms with Crippen LogP contribution in [0.15, 0.2) is 23.1 Å². The van der Waals surface area contributed by atoms with Gasteiger partial charge in [-0.3, -0.25) is 0 Å². The van der Waals surface area contributed by atoms with Gasteiger partial charge in [0.25, 0.3) is 0 Å². The fourth-order valence-corrected chi connectivity index (χ4v) is 3.66. The summed E-state index contributed by atoms with van der Waals surface area (Å²) in [6.45, 7) is 3.55. The zero-order valence-corrected chi connectivity index (χ0v) is 12.3. The Morgan fingerprint density at radius 2 is 2.20 bits per heavy atom. The molecule has 1 heterocycles. The standard InChI is InChI=1S/C13H19FN2O3S/c1-9-8-15-6-5-12(9)16-20(17,18)10-3-4-11(14)13(7-10)19-2/h3-4,7,9,12,15-16H,5-6,8H2,1-2H3. The second-order valence-electron chi connectivity index (χ2n) is 4.99. The van der Waals surface area contributed by atoms with Crippen LogP contribution in [0.25, 0.3) is 0 Å². The minimum Gasteiger partial charge on any atom is -0.494 e. The van der Waals surface area contributed by atoms with Crippen molar-refractivity contribution in [3.05, 3.63) is 24.0 Å². The van der Waals surface area contributed by atoms with Gasteiger partial charge in [-0.05, 0) is 37.6 Å². The normalized spacial score (nSPS) is 23.6. The Balaban J connectivity index is 2.21. The molecule has 0 radical (unpaired) electrons. The van der Waals surface area contributed by atoms with Crippen LogP contribution >= 0.6 is 0 Å². The van der Waals surface area contributed by atoms with Gasteiger partial charge in [0.2, 0.25) is 10.0 Å². The molecule has 5 nitrogen and oxygen atoms in total. The van der Waals surface area contributed by atoms with Crippen LogP contribution in [0, 0.1) is 11.7 Å². The molecule has 1 aromatic carbocycles. The molecular weight excluding hydrogens is 283 g/mol. The lowest BCUT2D eigenvalue weighted by atomic mass is 9.97. The fraction of sp³-hybridized carbons (Fsp3) is 0.538. The molecule has 0 amide bonds. The van der Waals surface area contributed by atoms with E-state index in [0.29, 0.717) is 0 Å². The van der Waals surface area contributed by atoms with Gasteiger partial charge in [0.15, 0.2) is 11.6 Å². The van der Waals surface area contributed by atoms with Crippen molar-refractivity contribution in [1.82, 2.24) is 10.0 Å². The second kappa shape index (κ2) is 6.07. The number of piperidine rings is 1. The molecule has 1 aliphatic rings. The highest BCUT2D eigenvalue weighted by atomic mass is 32.2. The van der Waals surface area contributed by atoms with Gasteiger partial charge in [-0.2, -0.15) is 0 Å². The molecule has 1 aromatic rings. The molecule has 0 saturated carbocycles. The summed E-state index contributed by atoms with van der Waals surface area (Å²) in [7, 11) is -2.36. The van der Waals surface area contributed by atoms with E-state index in [4.69, 9.17) is 4.74 Å². The van der Waals surface area contributed by atoms with Gasteiger partial charge in [-0.25, -0.2) is 17.5 Å². The lowest BCUT2D eigenvalue weighted by Crippen LogP contribution is -2.48. The van der Waals surface area contributed by atoms with Gasteiger partial charge in [-0.1, -0.05) is 6.92 Å². The summed E-state index contributed by atoms with van der Waals surface area (Å²) in [4.78, 5) is 0.0153. The Morgan fingerprint density at radius 3 is 2.85 bits per heavy atom. The van der Waals surface area contributed by atoms with Crippen LogP contribution in [0.3, 0.4) is 0 Å². The van der Waals surface area contributed by atoms with Crippen LogP contribution in [0.5, 0.6) is 5.75 Å². The highest BCUT2D eigenvalue weighted by Gasteiger charge is 2.27. The predicted octanol–water partition coefficient (Wildman–Crippen LogP) is 1.11. The third kappa shape index (κ3) is 3.28. The zero-order chi connectivity index (χ0) is 14.8. The Labute approximate surface area is 118 Å². The monoisotopic (exact) mass is 302 g/mol. The quantitative estimate of drug-likeness (QED) is 0.874. The van der Waals surface area contributed by atoms with Crippen molar-refractivity contribution in [1.29, 1.82) is 0 Å². The van der Waals surface area contributed by atoms with E-state index < -0.39 is 15.8 Å². The molecule has 0 aliphatic carbocycles. The minimum absolute atomic E-state index is 0.0153. The fourth-order valence-electron chi connectivity index (χ4n) is 2.26. The van der Waals surface area contributed by atoms with Crippen LogP contribution in [-0.2, 0) is 10.0 Å². The molecule has 112 valence electrons. The van der Waals surface area contributed by atoms with Crippen LogP contribution in [0.2, 0.25) is 0 Å². The second-order valence-corrected chi connectivity index (χ2v) is 6.71. The summed E-state index contributed by atoms with van der Waals surface area (Å²) in [6.07, 6.45) is 0.735. The van der Waals surface area contributed by atoms with E-state index in [1.807, 2.05) is 6.92 Å². The topological polar surface area (TPSA) is 67.4 Å². The number of sulfonamides is 1. The number of rotatable bonds is 4. The third-order valence-corrected chi connectivity index (χ3v) is 5.01. The first-order chi connectivity index (χ1) is 9.44. The van der Waals surface area contributed by atoms with Gasteiger partial charge in [0, 0.05) is 12.1 Å². The van der Waals surface area contributed by atoms with Gasteiger partial charge in [0.05, 0.1) is 12.0 Å². The number of benzene rings is 1. The number of halogens is 1. The van der Waals surface area contributed by atoms with Crippen LogP contribution in [0.1, 0.15) is 13.3 Å². The maximum Gasteiger partial charge on any atom is 0.240 e. The molecule has 0 spiro atoms. The van der Waals surface area contributed by atoms with Crippen LogP contribution in [-0.4, -0.2) is 34.7 Å². The van der Waals surface area contributed by atoms with Crippen molar-refractivity contribution in [3.63, 3.8) is 0 Å². The highest BCUT2D eigenvalue weighted by Crippen LogP contribution is 2.22. The molecule has 2 unspecified atom stereocenters. The summed E-state index contributed by atoms with van der Waals surface area (Å²) in [6, 6.07) is 3.42. The maximum absolute atomic E-state index is 13.3. The first-order valence-electron chi connectivity index (χ1n) is 6.50. The number of hydrogen-bond donors (Lipinski definition) is 2. The van der Waals surface area contributed by atoms with E-state index in [0.717, 1.165) is 25.6 Å². The maximum atomic E-state index is 13.3. The summed E-state index contributed by atoms with van der Waals surface area (Å²) >= 11 is 0. The molecule has 1 aliphatic heterocycles. The van der Waals surface area contributed by atoms with E-state index in [9.17, 15) is 12.8 Å². The molecular formula is C13H19FN2O3S. The average Bonchev–Trinajstić information content (AvgIpc) is 2.41. The summed E-state index contributed by atoms with van der Waals surface area (Å²) in [5.74, 6) is -0.450. The summed E-state index contributed by atoms with van der Waals surface area (Å²) in [5, 5.41) is 3.21. The van der Waals surface area contributed by atoms with Crippen molar-refractivity contribution in [2.24, 2.45) is 5.92 Å². The Kier molecular flexibility index (Phi) is 4.62. The molecule has 1 saturated heterocycles. The zero-order valence-electron chi connectivity index (χ0n) is 11.5. The molecule has 2 rings (SSSR count). The lowest BCUT2D eigenvalue weighted by Gasteiger charge is -2.29. The molecule has 0 bridgehead atoms. The van der Waals surface area contributed by atoms with Crippen LogP contribution < -0.4 is 14.8 Å². The third-order valence-electron chi connectivity index (χ3n) is 3.52. The lowest BCUT2D eigenvalue weighted by molar-refractivity contribution is 0.328. The molecule has 0 aromatic heterocycles. The molecule has 2 atom stereocenters. The van der Waals surface area contributed by atoms with Crippen molar-refractivity contribution in [2.45, 2.75) is 24.3 Å². The first kappa shape index (κ1) is 15.2. The number of ether oxygens (including phenoxy) is 1. The molecule has 2 N–H and O–H groups in total. The largest absolute Gasteiger partial charge is 0.494 e. The summed E-state index contributed by atoms with van der Waals surface area (Å²) < 4.78 is 45.5. The van der Waals surface area contributed by atoms with Gasteiger partial charge >= 0.3 is 0 Å². The van der Waals surface area contributed by atoms with Crippen LogP contribution in [0.4, 0.5) is 4.39 Å². The predicted molar refractivity (Wildman–Crippen MR) is 73.7 cm³/mol. The number of hydrogen-bond acceptors (Lipinski definition) is 4. The van der Waals surface area contributed by atoms with Gasteiger partial charge in [-0.15, -0.1) is 0 Å². The Morgan fingerprint density at radius 1 is 1.45 bits per heavy atom. The number of methoxy groups -OCH3 is 1. The van der Waals surface area contributed by atoms with Crippen molar-refractivity contribution >= 4 is 10.0 Å². The van der Waals surface area contributed by atoms with Crippen molar-refractivity contribution < 1.29 is 17.5 Å². The number of nitrogens with one attached hydrogen (secondary N) is 2. The molecule has 7 heteroatoms. The Hall–Kier alpha value is -1.18.